The number of likely N-dealkylation sites (tertiary alicyclic amines) is 1. The van der Waals surface area contributed by atoms with E-state index >= 15 is 0 Å². The van der Waals surface area contributed by atoms with Gasteiger partial charge in [0.05, 0.1) is 5.56 Å². The molecule has 4 rings (SSSR count). The van der Waals surface area contributed by atoms with Gasteiger partial charge in [0.1, 0.15) is 5.82 Å². The number of aryl methyl sites for hydroxylation is 1. The van der Waals surface area contributed by atoms with Crippen LogP contribution in [0, 0.1) is 12.7 Å². The number of hydrogen-bond acceptors (Lipinski definition) is 2. The molecule has 1 aliphatic rings. The number of anilines is 1. The lowest BCUT2D eigenvalue weighted by Gasteiger charge is -2.39. The first-order valence-corrected chi connectivity index (χ1v) is 11.3. The number of piperidine rings is 1. The molecule has 0 bridgehead atoms. The first kappa shape index (κ1) is 24.0. The Bertz CT molecular complexity index is 1120. The van der Waals surface area contributed by atoms with Crippen LogP contribution in [0.4, 0.5) is 23.2 Å². The lowest BCUT2D eigenvalue weighted by molar-refractivity contribution is -0.138. The Kier molecular flexibility index (Phi) is 7.03. The number of carbonyl (C=O) groups is 1. The Morgan fingerprint density at radius 3 is 2.18 bits per heavy atom. The zero-order valence-corrected chi connectivity index (χ0v) is 18.9. The van der Waals surface area contributed by atoms with Crippen molar-refractivity contribution in [3.8, 4) is 0 Å². The first-order chi connectivity index (χ1) is 16.2. The van der Waals surface area contributed by atoms with Gasteiger partial charge in [-0.3, -0.25) is 9.69 Å². The number of halogens is 4. The van der Waals surface area contributed by atoms with Crippen LogP contribution in [0.2, 0.25) is 0 Å². The monoisotopic (exact) mass is 470 g/mol. The van der Waals surface area contributed by atoms with Gasteiger partial charge in [-0.2, -0.15) is 13.2 Å². The van der Waals surface area contributed by atoms with E-state index in [4.69, 9.17) is 0 Å². The molecule has 0 saturated carbocycles. The smallest absolute Gasteiger partial charge is 0.305 e. The van der Waals surface area contributed by atoms with Crippen molar-refractivity contribution < 1.29 is 22.4 Å². The predicted octanol–water partition coefficient (Wildman–Crippen LogP) is 6.46. The van der Waals surface area contributed by atoms with E-state index in [1.807, 2.05) is 24.0 Å². The summed E-state index contributed by atoms with van der Waals surface area (Å²) in [5, 5.41) is 0. The third-order valence-electron chi connectivity index (χ3n) is 6.26. The van der Waals surface area contributed by atoms with Crippen molar-refractivity contribution in [3.05, 3.63) is 101 Å². The number of amides is 1. The van der Waals surface area contributed by atoms with E-state index in [2.05, 4.69) is 0 Å². The zero-order chi connectivity index (χ0) is 24.3. The molecule has 1 amide bonds. The fraction of sp³-hybridized carbons (Fsp3) is 0.296. The van der Waals surface area contributed by atoms with E-state index < -0.39 is 11.7 Å². The first-order valence-electron chi connectivity index (χ1n) is 11.3. The highest BCUT2D eigenvalue weighted by Crippen LogP contribution is 2.33. The minimum absolute atomic E-state index is 0.145. The summed E-state index contributed by atoms with van der Waals surface area (Å²) in [5.41, 5.74) is 1.82. The molecular weight excluding hydrogens is 444 g/mol. The molecule has 0 unspecified atom stereocenters. The van der Waals surface area contributed by atoms with Crippen molar-refractivity contribution in [1.82, 2.24) is 4.90 Å². The molecule has 3 aromatic rings. The Hall–Kier alpha value is -3.19. The van der Waals surface area contributed by atoms with Crippen LogP contribution in [0.5, 0.6) is 0 Å². The summed E-state index contributed by atoms with van der Waals surface area (Å²) in [5.74, 6) is -0.558. The molecule has 34 heavy (non-hydrogen) atoms. The third kappa shape index (κ3) is 5.47. The second kappa shape index (κ2) is 9.97. The number of carbonyl (C=O) groups excluding carboxylic acids is 1. The highest BCUT2D eigenvalue weighted by atomic mass is 19.4. The Labute approximate surface area is 196 Å². The van der Waals surface area contributed by atoms with Crippen molar-refractivity contribution in [3.63, 3.8) is 0 Å². The average Bonchev–Trinajstić information content (AvgIpc) is 2.81. The average molecular weight is 471 g/mol. The SMILES string of the molecule is Cc1ccc(C(=O)N(c2ccc(F)cc2)C2CCN(Cc3ccccc3C(F)(F)F)CC2)cc1. The van der Waals surface area contributed by atoms with Gasteiger partial charge in [-0.25, -0.2) is 4.39 Å². The Balaban J connectivity index is 1.52. The molecule has 3 nitrogen and oxygen atoms in total. The van der Waals surface area contributed by atoms with Gasteiger partial charge in [0, 0.05) is 36.9 Å². The molecule has 0 N–H and O–H groups in total. The summed E-state index contributed by atoms with van der Waals surface area (Å²) >= 11 is 0. The summed E-state index contributed by atoms with van der Waals surface area (Å²) < 4.78 is 53.7. The number of alkyl halides is 3. The van der Waals surface area contributed by atoms with Crippen LogP contribution in [0.15, 0.2) is 72.8 Å². The standard InChI is InChI=1S/C27H26F4N2O/c1-19-6-8-20(9-7-19)26(34)33(23-12-10-22(28)11-13-23)24-14-16-32(17-15-24)18-21-4-2-3-5-25(21)27(29,30)31/h2-13,24H,14-18H2,1H3. The van der Waals surface area contributed by atoms with Crippen molar-refractivity contribution in [2.75, 3.05) is 18.0 Å². The maximum absolute atomic E-state index is 13.5. The molecule has 1 saturated heterocycles. The molecule has 0 aliphatic carbocycles. The maximum atomic E-state index is 13.5. The zero-order valence-electron chi connectivity index (χ0n) is 18.9. The number of hydrogen-bond donors (Lipinski definition) is 0. The molecule has 0 atom stereocenters. The summed E-state index contributed by atoms with van der Waals surface area (Å²) in [6.45, 7) is 3.25. The maximum Gasteiger partial charge on any atom is 0.416 e. The predicted molar refractivity (Wildman–Crippen MR) is 124 cm³/mol. The van der Waals surface area contributed by atoms with E-state index in [1.165, 1.54) is 24.3 Å². The highest BCUT2D eigenvalue weighted by Gasteiger charge is 2.34. The summed E-state index contributed by atoms with van der Waals surface area (Å²) in [6, 6.07) is 18.6. The molecule has 7 heteroatoms. The van der Waals surface area contributed by atoms with Gasteiger partial charge in [-0.05, 0) is 67.8 Å². The summed E-state index contributed by atoms with van der Waals surface area (Å²) in [4.78, 5) is 17.1. The van der Waals surface area contributed by atoms with E-state index in [0.717, 1.165) is 11.6 Å². The second-order valence-electron chi connectivity index (χ2n) is 8.68. The summed E-state index contributed by atoms with van der Waals surface area (Å²) in [6.07, 6.45) is -3.19. The molecule has 1 fully saturated rings. The van der Waals surface area contributed by atoms with Crippen LogP contribution in [-0.2, 0) is 12.7 Å². The quantitative estimate of drug-likeness (QED) is 0.400. The topological polar surface area (TPSA) is 23.6 Å². The molecular formula is C27H26F4N2O. The van der Waals surface area contributed by atoms with Crippen molar-refractivity contribution in [2.45, 2.75) is 38.5 Å². The lowest BCUT2D eigenvalue weighted by atomic mass is 9.99. The van der Waals surface area contributed by atoms with Crippen LogP contribution < -0.4 is 4.90 Å². The van der Waals surface area contributed by atoms with Gasteiger partial charge in [-0.1, -0.05) is 35.9 Å². The molecule has 1 heterocycles. The minimum atomic E-state index is -4.39. The molecule has 0 radical (unpaired) electrons. The van der Waals surface area contributed by atoms with Crippen LogP contribution in [-0.4, -0.2) is 29.9 Å². The summed E-state index contributed by atoms with van der Waals surface area (Å²) in [7, 11) is 0. The van der Waals surface area contributed by atoms with Gasteiger partial charge >= 0.3 is 6.18 Å². The van der Waals surface area contributed by atoms with E-state index in [-0.39, 0.29) is 29.9 Å². The minimum Gasteiger partial charge on any atom is -0.305 e. The van der Waals surface area contributed by atoms with Crippen LogP contribution in [0.1, 0.15) is 39.9 Å². The largest absolute Gasteiger partial charge is 0.416 e. The molecule has 178 valence electrons. The van der Waals surface area contributed by atoms with Gasteiger partial charge in [0.15, 0.2) is 0 Å². The molecule has 3 aromatic carbocycles. The van der Waals surface area contributed by atoms with E-state index in [1.54, 1.807) is 35.2 Å². The normalized spacial score (nSPS) is 15.3. The van der Waals surface area contributed by atoms with Crippen molar-refractivity contribution >= 4 is 11.6 Å². The number of nitrogens with zero attached hydrogens (tertiary/aromatic N) is 2. The highest BCUT2D eigenvalue weighted by molar-refractivity contribution is 6.06. The Morgan fingerprint density at radius 2 is 1.56 bits per heavy atom. The van der Waals surface area contributed by atoms with Gasteiger partial charge in [0.25, 0.3) is 5.91 Å². The van der Waals surface area contributed by atoms with Crippen molar-refractivity contribution in [2.24, 2.45) is 0 Å². The van der Waals surface area contributed by atoms with E-state index in [9.17, 15) is 22.4 Å². The molecule has 0 aromatic heterocycles. The van der Waals surface area contributed by atoms with Gasteiger partial charge < -0.3 is 4.90 Å². The number of benzene rings is 3. The third-order valence-corrected chi connectivity index (χ3v) is 6.26. The van der Waals surface area contributed by atoms with E-state index in [0.29, 0.717) is 37.2 Å². The van der Waals surface area contributed by atoms with Gasteiger partial charge in [-0.15, -0.1) is 0 Å². The molecule has 0 spiro atoms. The number of rotatable bonds is 5. The van der Waals surface area contributed by atoms with Crippen LogP contribution in [0.3, 0.4) is 0 Å². The molecule has 1 aliphatic heterocycles. The Morgan fingerprint density at radius 1 is 0.941 bits per heavy atom. The van der Waals surface area contributed by atoms with Crippen LogP contribution in [0.25, 0.3) is 0 Å². The fourth-order valence-electron chi connectivity index (χ4n) is 4.44. The van der Waals surface area contributed by atoms with Crippen molar-refractivity contribution in [1.29, 1.82) is 0 Å². The van der Waals surface area contributed by atoms with Gasteiger partial charge in [0.2, 0.25) is 0 Å². The fourth-order valence-corrected chi connectivity index (χ4v) is 4.44. The van der Waals surface area contributed by atoms with Crippen LogP contribution >= 0.6 is 0 Å². The lowest BCUT2D eigenvalue weighted by Crippen LogP contribution is -2.47. The second-order valence-corrected chi connectivity index (χ2v) is 8.68.